The predicted octanol–water partition coefficient (Wildman–Crippen LogP) is 0.519. The van der Waals surface area contributed by atoms with Crippen molar-refractivity contribution in [3.63, 3.8) is 0 Å². The highest BCUT2D eigenvalue weighted by atomic mass is 16.2. The molecule has 0 unspecified atom stereocenters. The number of hydrazone groups is 1. The summed E-state index contributed by atoms with van der Waals surface area (Å²) in [6.07, 6.45) is 0.958. The van der Waals surface area contributed by atoms with Crippen LogP contribution in [0.25, 0.3) is 0 Å². The van der Waals surface area contributed by atoms with Crippen LogP contribution in [0.15, 0.2) is 29.4 Å². The quantitative estimate of drug-likeness (QED) is 0.852. The minimum absolute atomic E-state index is 0.0326. The van der Waals surface area contributed by atoms with Gasteiger partial charge in [0.2, 0.25) is 11.8 Å². The van der Waals surface area contributed by atoms with E-state index >= 15 is 0 Å². The van der Waals surface area contributed by atoms with Crippen molar-refractivity contribution in [2.75, 3.05) is 18.5 Å². The first-order valence-electron chi connectivity index (χ1n) is 7.55. The summed E-state index contributed by atoms with van der Waals surface area (Å²) in [4.78, 5) is 36.9. The molecule has 2 aliphatic rings. The second-order valence-corrected chi connectivity index (χ2v) is 5.72. The van der Waals surface area contributed by atoms with Crippen molar-refractivity contribution in [2.24, 2.45) is 5.10 Å². The maximum absolute atomic E-state index is 12.1. The second kappa shape index (κ2) is 6.20. The molecule has 0 aromatic heterocycles. The molecule has 0 saturated heterocycles. The summed E-state index contributed by atoms with van der Waals surface area (Å²) < 4.78 is 0. The SMILES string of the molecule is CN1C(=O)C[C@@H](CNC(=O)C2=NNC(=O)CC2)c2ccccc21. The maximum atomic E-state index is 12.1. The number of benzene rings is 1. The zero-order valence-corrected chi connectivity index (χ0v) is 12.8. The fraction of sp³-hybridized carbons (Fsp3) is 0.375. The molecule has 120 valence electrons. The largest absolute Gasteiger partial charge is 0.350 e. The smallest absolute Gasteiger partial charge is 0.267 e. The van der Waals surface area contributed by atoms with Gasteiger partial charge in [0.15, 0.2) is 0 Å². The normalized spacial score (nSPS) is 20.5. The van der Waals surface area contributed by atoms with Gasteiger partial charge in [0.25, 0.3) is 5.91 Å². The van der Waals surface area contributed by atoms with E-state index in [0.29, 0.717) is 25.1 Å². The van der Waals surface area contributed by atoms with Crippen LogP contribution in [0, 0.1) is 0 Å². The summed E-state index contributed by atoms with van der Waals surface area (Å²) in [6, 6.07) is 7.70. The summed E-state index contributed by atoms with van der Waals surface area (Å²) in [5.74, 6) is -0.506. The molecular weight excluding hydrogens is 296 g/mol. The molecule has 0 spiro atoms. The Morgan fingerprint density at radius 2 is 2.13 bits per heavy atom. The fourth-order valence-corrected chi connectivity index (χ4v) is 2.87. The monoisotopic (exact) mass is 314 g/mol. The predicted molar refractivity (Wildman–Crippen MR) is 85.0 cm³/mol. The molecule has 0 radical (unpaired) electrons. The van der Waals surface area contributed by atoms with E-state index in [-0.39, 0.29) is 30.1 Å². The van der Waals surface area contributed by atoms with Gasteiger partial charge < -0.3 is 10.2 Å². The van der Waals surface area contributed by atoms with Crippen LogP contribution in [0.4, 0.5) is 5.69 Å². The number of para-hydroxylation sites is 1. The van der Waals surface area contributed by atoms with Gasteiger partial charge in [-0.05, 0) is 11.6 Å². The Morgan fingerprint density at radius 3 is 2.87 bits per heavy atom. The lowest BCUT2D eigenvalue weighted by molar-refractivity contribution is -0.121. The van der Waals surface area contributed by atoms with Crippen molar-refractivity contribution in [1.29, 1.82) is 0 Å². The minimum Gasteiger partial charge on any atom is -0.350 e. The van der Waals surface area contributed by atoms with Gasteiger partial charge in [0.1, 0.15) is 5.71 Å². The van der Waals surface area contributed by atoms with Crippen molar-refractivity contribution in [3.8, 4) is 0 Å². The van der Waals surface area contributed by atoms with Gasteiger partial charge in [-0.2, -0.15) is 5.10 Å². The molecular formula is C16H18N4O3. The van der Waals surface area contributed by atoms with E-state index in [4.69, 9.17) is 0 Å². The van der Waals surface area contributed by atoms with Gasteiger partial charge in [-0.15, -0.1) is 0 Å². The zero-order chi connectivity index (χ0) is 16.4. The number of hydrogen-bond acceptors (Lipinski definition) is 4. The van der Waals surface area contributed by atoms with Gasteiger partial charge in [0, 0.05) is 44.5 Å². The van der Waals surface area contributed by atoms with Crippen LogP contribution < -0.4 is 15.6 Å². The van der Waals surface area contributed by atoms with Crippen LogP contribution >= 0.6 is 0 Å². The number of fused-ring (bicyclic) bond motifs is 1. The molecule has 2 aliphatic heterocycles. The van der Waals surface area contributed by atoms with Crippen molar-refractivity contribution in [3.05, 3.63) is 29.8 Å². The van der Waals surface area contributed by atoms with Gasteiger partial charge in [0.05, 0.1) is 0 Å². The lowest BCUT2D eigenvalue weighted by Crippen LogP contribution is -2.41. The lowest BCUT2D eigenvalue weighted by atomic mass is 9.89. The molecule has 0 bridgehead atoms. The van der Waals surface area contributed by atoms with E-state index < -0.39 is 0 Å². The van der Waals surface area contributed by atoms with Crippen molar-refractivity contribution in [1.82, 2.24) is 10.7 Å². The molecule has 0 fully saturated rings. The van der Waals surface area contributed by atoms with Crippen molar-refractivity contribution < 1.29 is 14.4 Å². The van der Waals surface area contributed by atoms with Crippen LogP contribution in [0.3, 0.4) is 0 Å². The molecule has 1 aromatic carbocycles. The van der Waals surface area contributed by atoms with Gasteiger partial charge in [-0.25, -0.2) is 5.43 Å². The van der Waals surface area contributed by atoms with E-state index in [9.17, 15) is 14.4 Å². The second-order valence-electron chi connectivity index (χ2n) is 5.72. The molecule has 7 nitrogen and oxygen atoms in total. The first-order valence-corrected chi connectivity index (χ1v) is 7.55. The van der Waals surface area contributed by atoms with Crippen molar-refractivity contribution in [2.45, 2.75) is 25.2 Å². The number of carbonyl (C=O) groups is 3. The minimum atomic E-state index is -0.297. The third-order valence-corrected chi connectivity index (χ3v) is 4.21. The lowest BCUT2D eigenvalue weighted by Gasteiger charge is -2.31. The van der Waals surface area contributed by atoms with E-state index in [1.165, 1.54) is 0 Å². The van der Waals surface area contributed by atoms with Gasteiger partial charge in [-0.3, -0.25) is 14.4 Å². The van der Waals surface area contributed by atoms with Gasteiger partial charge >= 0.3 is 0 Å². The molecule has 1 aromatic rings. The summed E-state index contributed by atoms with van der Waals surface area (Å²) in [5, 5.41) is 6.60. The summed E-state index contributed by atoms with van der Waals surface area (Å²) in [5.41, 5.74) is 4.55. The van der Waals surface area contributed by atoms with Crippen molar-refractivity contribution >= 4 is 29.1 Å². The Labute approximate surface area is 133 Å². The van der Waals surface area contributed by atoms with Crippen LogP contribution in [-0.4, -0.2) is 37.0 Å². The fourth-order valence-electron chi connectivity index (χ4n) is 2.87. The topological polar surface area (TPSA) is 90.9 Å². The number of amides is 3. The summed E-state index contributed by atoms with van der Waals surface area (Å²) in [7, 11) is 1.76. The average molecular weight is 314 g/mol. The Morgan fingerprint density at radius 1 is 1.35 bits per heavy atom. The van der Waals surface area contributed by atoms with Crippen LogP contribution in [0.1, 0.15) is 30.7 Å². The number of hydrogen-bond donors (Lipinski definition) is 2. The summed E-state index contributed by atoms with van der Waals surface area (Å²) >= 11 is 0. The molecule has 23 heavy (non-hydrogen) atoms. The van der Waals surface area contributed by atoms with E-state index in [0.717, 1.165) is 11.3 Å². The summed E-state index contributed by atoms with van der Waals surface area (Å²) in [6.45, 7) is 0.363. The first-order chi connectivity index (χ1) is 11.1. The highest BCUT2D eigenvalue weighted by Crippen LogP contribution is 2.34. The first kappa shape index (κ1) is 15.2. The average Bonchev–Trinajstić information content (AvgIpc) is 2.57. The van der Waals surface area contributed by atoms with Crippen LogP contribution in [0.2, 0.25) is 0 Å². The number of nitrogens with zero attached hydrogens (tertiary/aromatic N) is 2. The third-order valence-electron chi connectivity index (χ3n) is 4.21. The Bertz CT molecular complexity index is 698. The number of nitrogens with one attached hydrogen (secondary N) is 2. The molecule has 0 saturated carbocycles. The molecule has 0 aliphatic carbocycles. The molecule has 7 heteroatoms. The highest BCUT2D eigenvalue weighted by molar-refractivity contribution is 6.39. The highest BCUT2D eigenvalue weighted by Gasteiger charge is 2.29. The standard InChI is InChI=1S/C16H18N4O3/c1-20-13-5-3-2-4-11(13)10(8-15(20)22)9-17-16(23)12-6-7-14(21)19-18-12/h2-5,10H,6-9H2,1H3,(H,17,23)(H,19,21)/t10-/m0/s1. The maximum Gasteiger partial charge on any atom is 0.267 e. The van der Waals surface area contributed by atoms with Gasteiger partial charge in [-0.1, -0.05) is 18.2 Å². The van der Waals surface area contributed by atoms with E-state index in [2.05, 4.69) is 15.8 Å². The molecule has 3 amide bonds. The Hall–Kier alpha value is -2.70. The van der Waals surface area contributed by atoms with E-state index in [1.807, 2.05) is 24.3 Å². The number of carbonyl (C=O) groups excluding carboxylic acids is 3. The Kier molecular flexibility index (Phi) is 4.10. The van der Waals surface area contributed by atoms with Crippen LogP contribution in [0.5, 0.6) is 0 Å². The Balaban J connectivity index is 1.69. The number of anilines is 1. The third kappa shape index (κ3) is 3.08. The molecule has 2 heterocycles. The molecule has 3 rings (SSSR count). The molecule has 2 N–H and O–H groups in total. The number of rotatable bonds is 3. The van der Waals surface area contributed by atoms with E-state index in [1.54, 1.807) is 11.9 Å². The zero-order valence-electron chi connectivity index (χ0n) is 12.8. The molecule has 1 atom stereocenters. The van der Waals surface area contributed by atoms with Crippen LogP contribution in [-0.2, 0) is 14.4 Å².